The number of amides is 3. The van der Waals surface area contributed by atoms with Crippen LogP contribution in [0.3, 0.4) is 0 Å². The van der Waals surface area contributed by atoms with Crippen LogP contribution in [0, 0.1) is 0 Å². The lowest BCUT2D eigenvalue weighted by Gasteiger charge is -2.28. The molecule has 6 aliphatic rings. The van der Waals surface area contributed by atoms with E-state index in [-0.39, 0.29) is 41.8 Å². The Kier molecular flexibility index (Phi) is 24.4. The standard InChI is InChI=1S/C28H22Cl2N2O5S.C27H20Cl2N2O5S.C22H18Cl2N2O3.C6H5BrO2S/c1-35-28(34)22-10-12-24(38-22)32-21-9-8-17(13-16(21)7-11-23(32)33)36-14-18-26(31-37-27(18)15-5-6-15)25-19(29)3-2-4-20(25)30;28-18-2-1-3-19(29)24(18)25-17(26(36-30-25)14-4-5-14)13-35-16-7-8-20-15(12-16)6-10-22(32)31(20)23-11-9-21(37-23)27(33)34;23-16-2-1-3-17(24)20(16)21-15(22(29-26-21)12-4-5-12)11-28-14-7-8-18-13(10-14)6-9-19(27)25-18;1-9-6(8)4-2-3-5(7)10-4/h2-4,8-10,12-13,15H,5-7,11,14H2,1H3;1-3,7-9,11-12,14H,4-6,10,13H2,(H,33,34);1-3,7-8,10,12H,4-6,9,11H2,(H,25,27);2-3H,1H3. The molecule has 114 heavy (non-hydrogen) atoms. The van der Waals surface area contributed by atoms with Crippen molar-refractivity contribution < 1.29 is 71.1 Å². The van der Waals surface area contributed by atoms with Crippen molar-refractivity contribution in [3.8, 4) is 51.0 Å². The van der Waals surface area contributed by atoms with Crippen molar-refractivity contribution in [1.29, 1.82) is 0 Å². The summed E-state index contributed by atoms with van der Waals surface area (Å²) in [6.45, 7) is 0.763. The first-order chi connectivity index (χ1) is 55.2. The van der Waals surface area contributed by atoms with Gasteiger partial charge in [-0.15, -0.1) is 34.0 Å². The van der Waals surface area contributed by atoms with Crippen molar-refractivity contribution in [2.24, 2.45) is 0 Å². The molecule has 2 N–H and O–H groups in total. The Labute approximate surface area is 702 Å². The molecule has 3 fully saturated rings. The molecular weight excluding hydrogens is 1710 g/mol. The van der Waals surface area contributed by atoms with Gasteiger partial charge < -0.3 is 47.7 Å². The van der Waals surface area contributed by atoms with Crippen LogP contribution in [0.4, 0.5) is 27.1 Å². The minimum atomic E-state index is -1.01. The Bertz CT molecular complexity index is 5660. The lowest BCUT2D eigenvalue weighted by Crippen LogP contribution is -2.30. The van der Waals surface area contributed by atoms with Gasteiger partial charge in [0, 0.05) is 59.4 Å². The molecule has 3 saturated carbocycles. The predicted molar refractivity (Wildman–Crippen MR) is 442 cm³/mol. The number of aryl methyl sites for hydroxylation is 3. The van der Waals surface area contributed by atoms with Crippen molar-refractivity contribution in [2.75, 3.05) is 29.3 Å². The van der Waals surface area contributed by atoms with Gasteiger partial charge in [-0.1, -0.05) is 103 Å². The highest BCUT2D eigenvalue weighted by atomic mass is 79.9. The summed E-state index contributed by atoms with van der Waals surface area (Å²) in [6, 6.07) is 43.1. The Morgan fingerprint density at radius 2 is 0.825 bits per heavy atom. The highest BCUT2D eigenvalue weighted by Gasteiger charge is 2.38. The highest BCUT2D eigenvalue weighted by molar-refractivity contribution is 9.11. The van der Waals surface area contributed by atoms with Crippen LogP contribution in [0.2, 0.25) is 30.1 Å². The quantitative estimate of drug-likeness (QED) is 0.0672. The van der Waals surface area contributed by atoms with Crippen LogP contribution in [0.1, 0.15) is 155 Å². The van der Waals surface area contributed by atoms with E-state index in [1.807, 2.05) is 60.7 Å². The summed E-state index contributed by atoms with van der Waals surface area (Å²) >= 11 is 45.6. The average Bonchev–Trinajstić information content (AvgIpc) is 1.29. The zero-order valence-corrected chi connectivity index (χ0v) is 69.0. The number of halogens is 7. The van der Waals surface area contributed by atoms with Gasteiger partial charge in [0.2, 0.25) is 17.7 Å². The van der Waals surface area contributed by atoms with Crippen molar-refractivity contribution in [1.82, 2.24) is 15.5 Å². The first-order valence-corrected chi connectivity index (χ1v) is 41.6. The fourth-order valence-electron chi connectivity index (χ4n) is 13.4. The molecule has 9 heterocycles. The van der Waals surface area contributed by atoms with E-state index in [2.05, 4.69) is 41.5 Å². The second-order valence-electron chi connectivity index (χ2n) is 27.2. The van der Waals surface area contributed by atoms with Gasteiger partial charge in [-0.3, -0.25) is 24.2 Å². The maximum atomic E-state index is 12.9. The van der Waals surface area contributed by atoms with Gasteiger partial charge >= 0.3 is 17.9 Å². The molecule has 0 radical (unpaired) electrons. The minimum Gasteiger partial charge on any atom is -0.489 e. The fourth-order valence-corrected chi connectivity index (χ4v) is 18.3. The van der Waals surface area contributed by atoms with Crippen LogP contribution >= 0.6 is 120 Å². The van der Waals surface area contributed by atoms with Gasteiger partial charge in [-0.25, -0.2) is 14.4 Å². The van der Waals surface area contributed by atoms with E-state index in [1.54, 1.807) is 88.7 Å². The van der Waals surface area contributed by atoms with E-state index in [1.165, 1.54) is 43.0 Å². The van der Waals surface area contributed by atoms with Gasteiger partial charge in [0.1, 0.15) is 96.1 Å². The number of aromatic carboxylic acids is 1. The number of carbonyl (C=O) groups is 6. The number of carbonyl (C=O) groups excluding carboxylic acids is 5. The normalized spacial score (nSPS) is 14.7. The molecule has 0 unspecified atom stereocenters. The summed E-state index contributed by atoms with van der Waals surface area (Å²) in [4.78, 5) is 75.7. The summed E-state index contributed by atoms with van der Waals surface area (Å²) in [5, 5.41) is 29.4. The molecule has 0 bridgehead atoms. The van der Waals surface area contributed by atoms with Gasteiger partial charge in [0.15, 0.2) is 0 Å². The monoisotopic (exact) mass is 1770 g/mol. The van der Waals surface area contributed by atoms with E-state index in [4.69, 9.17) is 102 Å². The van der Waals surface area contributed by atoms with E-state index < -0.39 is 11.9 Å². The summed E-state index contributed by atoms with van der Waals surface area (Å²) in [5.41, 5.74) is 11.6. The van der Waals surface area contributed by atoms with Crippen molar-refractivity contribution in [2.45, 2.75) is 115 Å². The van der Waals surface area contributed by atoms with Crippen LogP contribution in [-0.2, 0) is 62.9 Å². The van der Waals surface area contributed by atoms with Crippen LogP contribution in [-0.4, -0.2) is 70.4 Å². The van der Waals surface area contributed by atoms with Crippen LogP contribution in [0.5, 0.6) is 17.2 Å². The molecule has 0 saturated heterocycles. The van der Waals surface area contributed by atoms with Gasteiger partial charge in [-0.2, -0.15) is 0 Å². The second-order valence-corrected chi connectivity index (χ2v) is 34.2. The van der Waals surface area contributed by atoms with E-state index in [0.29, 0.717) is 158 Å². The smallest absolute Gasteiger partial charge is 0.348 e. The first kappa shape index (κ1) is 79.7. The Morgan fingerprint density at radius 3 is 1.19 bits per heavy atom. The molecule has 18 rings (SSSR count). The van der Waals surface area contributed by atoms with Crippen molar-refractivity contribution >= 4 is 182 Å². The highest BCUT2D eigenvalue weighted by Crippen LogP contribution is 2.51. The SMILES string of the molecule is COC(=O)c1ccc(Br)s1.COC(=O)c1ccc(N2C(=O)CCc3cc(OCc4c(-c5c(Cl)cccc5Cl)noc4C4CC4)ccc32)s1.O=C(O)c1ccc(N2C(=O)CCc3cc(OCc4c(-c5c(Cl)cccc5Cl)noc4C4CC4)ccc32)s1.O=C1CCc2cc(OCc3c(-c4c(Cl)cccc4Cl)noc3C3CC3)ccc2N1. The van der Waals surface area contributed by atoms with E-state index >= 15 is 0 Å². The van der Waals surface area contributed by atoms with E-state index in [0.717, 1.165) is 127 Å². The molecule has 0 atom stereocenters. The maximum absolute atomic E-state index is 12.9. The number of methoxy groups -OCH3 is 2. The Balaban J connectivity index is 0.000000128. The number of carboxylic acid groups (broad SMARTS) is 1. The summed E-state index contributed by atoms with van der Waals surface area (Å²) in [6.07, 6.45) is 9.35. The molecule has 3 amide bonds. The molecular formula is C83H65BrCl6N6O15S3. The maximum Gasteiger partial charge on any atom is 0.348 e. The number of nitrogens with one attached hydrogen (secondary N) is 1. The molecule has 584 valence electrons. The number of benzene rings is 6. The third-order valence-electron chi connectivity index (χ3n) is 19.5. The molecule has 6 aromatic carbocycles. The number of esters is 2. The molecule has 21 nitrogen and oxygen atoms in total. The molecule has 0 spiro atoms. The molecule has 3 aliphatic heterocycles. The zero-order valence-electron chi connectivity index (χ0n) is 60.5. The topological polar surface area (TPSA) is 265 Å². The Hall–Kier alpha value is -9.51. The number of hydrogen-bond acceptors (Lipinski definition) is 20. The number of anilines is 5. The van der Waals surface area contributed by atoms with E-state index in [9.17, 15) is 33.9 Å². The third-order valence-corrected chi connectivity index (χ3v) is 25.1. The molecule has 12 aromatic rings. The summed E-state index contributed by atoms with van der Waals surface area (Å²) < 4.78 is 46.0. The summed E-state index contributed by atoms with van der Waals surface area (Å²) in [7, 11) is 2.71. The minimum absolute atomic E-state index is 0.0239. The lowest BCUT2D eigenvalue weighted by atomic mass is 10.0. The lowest BCUT2D eigenvalue weighted by molar-refractivity contribution is -0.118. The van der Waals surface area contributed by atoms with Gasteiger partial charge in [0.05, 0.1) is 76.2 Å². The van der Waals surface area contributed by atoms with Crippen molar-refractivity contribution in [3.05, 3.63) is 245 Å². The molecule has 3 aliphatic carbocycles. The number of thiophene rings is 3. The number of nitrogens with zero attached hydrogens (tertiary/aromatic N) is 5. The zero-order chi connectivity index (χ0) is 79.6. The number of hydrogen-bond donors (Lipinski definition) is 2. The number of rotatable bonds is 20. The Morgan fingerprint density at radius 1 is 0.465 bits per heavy atom. The van der Waals surface area contributed by atoms with Crippen LogP contribution in [0.25, 0.3) is 33.8 Å². The largest absolute Gasteiger partial charge is 0.489 e. The van der Waals surface area contributed by atoms with Crippen LogP contribution in [0.15, 0.2) is 163 Å². The number of ether oxygens (including phenoxy) is 5. The summed E-state index contributed by atoms with van der Waals surface area (Å²) in [5.74, 6) is 3.74. The number of carboxylic acids is 1. The van der Waals surface area contributed by atoms with Gasteiger partial charge in [-0.05, 0) is 218 Å². The number of aromatic nitrogens is 3. The predicted octanol–water partition coefficient (Wildman–Crippen LogP) is 23.3. The fraction of sp³-hybridized carbons (Fsp3) is 0.241. The number of fused-ring (bicyclic) bond motifs is 3. The van der Waals surface area contributed by atoms with Crippen molar-refractivity contribution in [3.63, 3.8) is 0 Å². The third kappa shape index (κ3) is 17.7. The molecule has 6 aromatic heterocycles. The van der Waals surface area contributed by atoms with Gasteiger partial charge in [0.25, 0.3) is 0 Å². The second kappa shape index (κ2) is 34.9. The first-order valence-electron chi connectivity index (χ1n) is 36.0. The molecule has 31 heteroatoms. The van der Waals surface area contributed by atoms with Crippen LogP contribution < -0.4 is 29.3 Å². The average molecular weight is 1780 g/mol.